The number of nitrogens with zero attached hydrogens (tertiary/aromatic N) is 1. The second-order valence-corrected chi connectivity index (χ2v) is 4.80. The van der Waals surface area contributed by atoms with E-state index in [-0.39, 0.29) is 5.82 Å². The van der Waals surface area contributed by atoms with Crippen molar-refractivity contribution >= 4 is 11.0 Å². The van der Waals surface area contributed by atoms with Crippen LogP contribution in [0.4, 0.5) is 4.39 Å². The first-order valence-corrected chi connectivity index (χ1v) is 5.52. The molecule has 84 valence electrons. The molecule has 0 radical (unpaired) electrons. The van der Waals surface area contributed by atoms with E-state index in [4.69, 9.17) is 5.73 Å². The molecule has 1 atom stereocenters. The van der Waals surface area contributed by atoms with E-state index in [1.54, 1.807) is 6.07 Å². The number of fused-ring (bicyclic) bond motifs is 1. The SMILES string of the molecule is CC(N)(c1nc2ccc(F)cc2[nH]1)C1CC1. The van der Waals surface area contributed by atoms with E-state index >= 15 is 0 Å². The van der Waals surface area contributed by atoms with Crippen molar-refractivity contribution in [3.63, 3.8) is 0 Å². The first-order chi connectivity index (χ1) is 7.57. The zero-order valence-electron chi connectivity index (χ0n) is 9.13. The Labute approximate surface area is 92.9 Å². The summed E-state index contributed by atoms with van der Waals surface area (Å²) in [4.78, 5) is 7.56. The number of aromatic amines is 1. The normalized spacial score (nSPS) is 19.9. The van der Waals surface area contributed by atoms with Gasteiger partial charge in [-0.2, -0.15) is 0 Å². The highest BCUT2D eigenvalue weighted by molar-refractivity contribution is 5.75. The number of rotatable bonds is 2. The lowest BCUT2D eigenvalue weighted by Gasteiger charge is -2.21. The molecular weight excluding hydrogens is 205 g/mol. The molecule has 3 nitrogen and oxygen atoms in total. The number of H-pyrrole nitrogens is 1. The van der Waals surface area contributed by atoms with Crippen LogP contribution in [-0.4, -0.2) is 9.97 Å². The fourth-order valence-corrected chi connectivity index (χ4v) is 2.11. The number of nitrogens with two attached hydrogens (primary N) is 1. The molecule has 3 N–H and O–H groups in total. The molecule has 1 unspecified atom stereocenters. The zero-order chi connectivity index (χ0) is 11.3. The molecule has 2 aromatic rings. The second kappa shape index (κ2) is 3.04. The quantitative estimate of drug-likeness (QED) is 0.814. The van der Waals surface area contributed by atoms with Gasteiger partial charge in [-0.25, -0.2) is 9.37 Å². The van der Waals surface area contributed by atoms with Crippen molar-refractivity contribution in [1.29, 1.82) is 0 Å². The molecule has 1 aromatic carbocycles. The third-order valence-electron chi connectivity index (χ3n) is 3.38. The average Bonchev–Trinajstić information content (AvgIpc) is 2.99. The van der Waals surface area contributed by atoms with E-state index in [9.17, 15) is 4.39 Å². The summed E-state index contributed by atoms with van der Waals surface area (Å²) in [5.74, 6) is 1.00. The van der Waals surface area contributed by atoms with Crippen LogP contribution < -0.4 is 5.73 Å². The number of aromatic nitrogens is 2. The Bertz CT molecular complexity index is 540. The Kier molecular flexibility index (Phi) is 1.86. The Balaban J connectivity index is 2.11. The standard InChI is InChI=1S/C12H14FN3/c1-12(14,7-2-3-7)11-15-9-5-4-8(13)6-10(9)16-11/h4-7H,2-3,14H2,1H3,(H,15,16). The van der Waals surface area contributed by atoms with Crippen LogP contribution in [0, 0.1) is 11.7 Å². The topological polar surface area (TPSA) is 54.7 Å². The average molecular weight is 219 g/mol. The lowest BCUT2D eigenvalue weighted by molar-refractivity contribution is 0.405. The van der Waals surface area contributed by atoms with Gasteiger partial charge in [0.05, 0.1) is 16.6 Å². The van der Waals surface area contributed by atoms with Gasteiger partial charge < -0.3 is 10.7 Å². The van der Waals surface area contributed by atoms with E-state index in [0.717, 1.165) is 24.2 Å². The Morgan fingerprint density at radius 2 is 2.25 bits per heavy atom. The summed E-state index contributed by atoms with van der Waals surface area (Å²) >= 11 is 0. The molecule has 1 aromatic heterocycles. The van der Waals surface area contributed by atoms with Crippen molar-refractivity contribution in [3.8, 4) is 0 Å². The maximum absolute atomic E-state index is 13.0. The Morgan fingerprint density at radius 3 is 2.94 bits per heavy atom. The van der Waals surface area contributed by atoms with Gasteiger partial charge in [0.2, 0.25) is 0 Å². The predicted molar refractivity (Wildman–Crippen MR) is 60.3 cm³/mol. The molecule has 0 aliphatic heterocycles. The van der Waals surface area contributed by atoms with Gasteiger partial charge in [0.25, 0.3) is 0 Å². The third kappa shape index (κ3) is 1.41. The van der Waals surface area contributed by atoms with Crippen LogP contribution >= 0.6 is 0 Å². The highest BCUT2D eigenvalue weighted by Crippen LogP contribution is 2.43. The summed E-state index contributed by atoms with van der Waals surface area (Å²) in [6.07, 6.45) is 2.30. The monoisotopic (exact) mass is 219 g/mol. The van der Waals surface area contributed by atoms with Crippen LogP contribution in [0.25, 0.3) is 11.0 Å². The van der Waals surface area contributed by atoms with Gasteiger partial charge in [0.15, 0.2) is 0 Å². The predicted octanol–water partition coefficient (Wildman–Crippen LogP) is 2.29. The van der Waals surface area contributed by atoms with Gasteiger partial charge in [0, 0.05) is 0 Å². The summed E-state index contributed by atoms with van der Waals surface area (Å²) in [5, 5.41) is 0. The Hall–Kier alpha value is -1.42. The molecule has 0 spiro atoms. The molecule has 0 amide bonds. The molecule has 1 aliphatic rings. The zero-order valence-corrected chi connectivity index (χ0v) is 9.13. The first-order valence-electron chi connectivity index (χ1n) is 5.52. The van der Waals surface area contributed by atoms with Crippen LogP contribution in [0.3, 0.4) is 0 Å². The fourth-order valence-electron chi connectivity index (χ4n) is 2.11. The molecule has 1 fully saturated rings. The molecule has 16 heavy (non-hydrogen) atoms. The van der Waals surface area contributed by atoms with Crippen molar-refractivity contribution in [2.24, 2.45) is 11.7 Å². The van der Waals surface area contributed by atoms with E-state index in [2.05, 4.69) is 9.97 Å². The second-order valence-electron chi connectivity index (χ2n) is 4.80. The molecular formula is C12H14FN3. The smallest absolute Gasteiger partial charge is 0.127 e. The van der Waals surface area contributed by atoms with Crippen LogP contribution in [0.15, 0.2) is 18.2 Å². The van der Waals surface area contributed by atoms with Crippen LogP contribution in [0.5, 0.6) is 0 Å². The molecule has 1 aliphatic carbocycles. The molecule has 0 bridgehead atoms. The van der Waals surface area contributed by atoms with E-state index < -0.39 is 5.54 Å². The molecule has 1 heterocycles. The Morgan fingerprint density at radius 1 is 1.50 bits per heavy atom. The molecule has 0 saturated heterocycles. The van der Waals surface area contributed by atoms with E-state index in [1.807, 2.05) is 6.92 Å². The number of hydrogen-bond donors (Lipinski definition) is 2. The van der Waals surface area contributed by atoms with Gasteiger partial charge in [-0.05, 0) is 43.9 Å². The molecule has 3 rings (SSSR count). The largest absolute Gasteiger partial charge is 0.340 e. The summed E-state index contributed by atoms with van der Waals surface area (Å²) < 4.78 is 13.0. The summed E-state index contributed by atoms with van der Waals surface area (Å²) in [6, 6.07) is 4.54. The highest BCUT2D eigenvalue weighted by Gasteiger charge is 2.41. The number of benzene rings is 1. The summed E-state index contributed by atoms with van der Waals surface area (Å²) in [7, 11) is 0. The summed E-state index contributed by atoms with van der Waals surface area (Å²) in [5.41, 5.74) is 7.32. The van der Waals surface area contributed by atoms with Crippen molar-refractivity contribution in [2.45, 2.75) is 25.3 Å². The number of imidazole rings is 1. The minimum Gasteiger partial charge on any atom is -0.340 e. The van der Waals surface area contributed by atoms with E-state index in [0.29, 0.717) is 11.4 Å². The lowest BCUT2D eigenvalue weighted by atomic mass is 9.97. The fraction of sp³-hybridized carbons (Fsp3) is 0.417. The van der Waals surface area contributed by atoms with Gasteiger partial charge in [-0.15, -0.1) is 0 Å². The number of nitrogens with one attached hydrogen (secondary N) is 1. The first kappa shape index (κ1) is 9.78. The summed E-state index contributed by atoms with van der Waals surface area (Å²) in [6.45, 7) is 1.98. The lowest BCUT2D eigenvalue weighted by Crippen LogP contribution is -2.36. The molecule has 1 saturated carbocycles. The van der Waals surface area contributed by atoms with Gasteiger partial charge >= 0.3 is 0 Å². The van der Waals surface area contributed by atoms with Gasteiger partial charge in [-0.3, -0.25) is 0 Å². The van der Waals surface area contributed by atoms with Gasteiger partial charge in [-0.1, -0.05) is 0 Å². The number of halogens is 1. The maximum Gasteiger partial charge on any atom is 0.127 e. The maximum atomic E-state index is 13.0. The third-order valence-corrected chi connectivity index (χ3v) is 3.38. The van der Waals surface area contributed by atoms with Crippen molar-refractivity contribution in [3.05, 3.63) is 29.8 Å². The number of hydrogen-bond acceptors (Lipinski definition) is 2. The van der Waals surface area contributed by atoms with Crippen molar-refractivity contribution < 1.29 is 4.39 Å². The minimum atomic E-state index is -0.421. The minimum absolute atomic E-state index is 0.257. The highest BCUT2D eigenvalue weighted by atomic mass is 19.1. The van der Waals surface area contributed by atoms with Crippen molar-refractivity contribution in [2.75, 3.05) is 0 Å². The molecule has 4 heteroatoms. The van der Waals surface area contributed by atoms with Crippen LogP contribution in [-0.2, 0) is 5.54 Å². The van der Waals surface area contributed by atoms with E-state index in [1.165, 1.54) is 12.1 Å². The van der Waals surface area contributed by atoms with Crippen LogP contribution in [0.2, 0.25) is 0 Å². The van der Waals surface area contributed by atoms with Crippen molar-refractivity contribution in [1.82, 2.24) is 9.97 Å². The van der Waals surface area contributed by atoms with Gasteiger partial charge in [0.1, 0.15) is 11.6 Å². The van der Waals surface area contributed by atoms with Crippen LogP contribution in [0.1, 0.15) is 25.6 Å².